The van der Waals surface area contributed by atoms with Gasteiger partial charge in [0.25, 0.3) is 0 Å². The lowest BCUT2D eigenvalue weighted by molar-refractivity contribution is -0.146. The van der Waals surface area contributed by atoms with Gasteiger partial charge in [0.1, 0.15) is 0 Å². The number of pyridine rings is 1. The molecule has 3 nitrogen and oxygen atoms in total. The Labute approximate surface area is 127 Å². The number of hydrogen-bond donors (Lipinski definition) is 0. The zero-order valence-electron chi connectivity index (χ0n) is 11.9. The number of aromatic nitrogens is 1. The number of nitrogens with zero attached hydrogens (tertiary/aromatic N) is 3. The van der Waals surface area contributed by atoms with E-state index in [4.69, 9.17) is 11.6 Å². The van der Waals surface area contributed by atoms with E-state index in [1.165, 1.54) is 4.90 Å². The molecular formula is C14H19ClF3N3. The van der Waals surface area contributed by atoms with Crippen LogP contribution in [-0.2, 0) is 0 Å². The Hall–Kier alpha value is -1.01. The fourth-order valence-electron chi connectivity index (χ4n) is 2.75. The Balaban J connectivity index is 1.92. The maximum atomic E-state index is 12.5. The van der Waals surface area contributed by atoms with Crippen molar-refractivity contribution in [3.05, 3.63) is 23.5 Å². The van der Waals surface area contributed by atoms with Gasteiger partial charge in [-0.2, -0.15) is 13.2 Å². The summed E-state index contributed by atoms with van der Waals surface area (Å²) in [5, 5.41) is 0.584. The summed E-state index contributed by atoms with van der Waals surface area (Å²) < 4.78 is 37.5. The van der Waals surface area contributed by atoms with E-state index in [1.54, 1.807) is 19.3 Å². The first kappa shape index (κ1) is 16.4. The molecule has 0 aliphatic carbocycles. The van der Waals surface area contributed by atoms with Crippen molar-refractivity contribution >= 4 is 17.3 Å². The first-order valence-electron chi connectivity index (χ1n) is 7.02. The molecule has 2 heterocycles. The molecule has 1 atom stereocenters. The third-order valence-corrected chi connectivity index (χ3v) is 4.04. The third-order valence-electron chi connectivity index (χ3n) is 3.74. The van der Waals surface area contributed by atoms with Gasteiger partial charge in [-0.15, -0.1) is 0 Å². The van der Waals surface area contributed by atoms with Gasteiger partial charge in [0.2, 0.25) is 0 Å². The molecule has 1 aromatic rings. The molecule has 0 amide bonds. The van der Waals surface area contributed by atoms with E-state index in [0.717, 1.165) is 25.2 Å². The maximum Gasteiger partial charge on any atom is 0.401 e. The first-order chi connectivity index (χ1) is 9.89. The molecule has 21 heavy (non-hydrogen) atoms. The monoisotopic (exact) mass is 321 g/mol. The molecule has 1 fully saturated rings. The molecular weight excluding hydrogens is 303 g/mol. The number of halogens is 4. The smallest absolute Gasteiger partial charge is 0.370 e. The van der Waals surface area contributed by atoms with Crippen LogP contribution in [0.15, 0.2) is 18.5 Å². The highest BCUT2D eigenvalue weighted by atomic mass is 35.5. The highest BCUT2D eigenvalue weighted by Gasteiger charge is 2.32. The summed E-state index contributed by atoms with van der Waals surface area (Å²) in [4.78, 5) is 7.53. The van der Waals surface area contributed by atoms with Crippen molar-refractivity contribution < 1.29 is 13.2 Å². The Morgan fingerprint density at radius 1 is 1.48 bits per heavy atom. The van der Waals surface area contributed by atoms with E-state index in [9.17, 15) is 13.2 Å². The minimum absolute atomic E-state index is 0.233. The molecule has 1 aliphatic rings. The quantitative estimate of drug-likeness (QED) is 0.828. The van der Waals surface area contributed by atoms with Crippen LogP contribution in [0.25, 0.3) is 0 Å². The second kappa shape index (κ2) is 6.83. The van der Waals surface area contributed by atoms with Crippen LogP contribution in [0.3, 0.4) is 0 Å². The lowest BCUT2D eigenvalue weighted by Gasteiger charge is -2.25. The van der Waals surface area contributed by atoms with Crippen LogP contribution in [0.5, 0.6) is 0 Å². The molecule has 0 saturated carbocycles. The molecule has 118 valence electrons. The second-order valence-electron chi connectivity index (χ2n) is 5.37. The first-order valence-corrected chi connectivity index (χ1v) is 7.40. The lowest BCUT2D eigenvalue weighted by atomic mass is 10.1. The number of hydrogen-bond acceptors (Lipinski definition) is 3. The summed E-state index contributed by atoms with van der Waals surface area (Å²) in [5.41, 5.74) is 0.910. The van der Waals surface area contributed by atoms with E-state index in [2.05, 4.69) is 9.88 Å². The molecule has 0 radical (unpaired) electrons. The molecule has 1 saturated heterocycles. The van der Waals surface area contributed by atoms with Crippen LogP contribution in [0, 0.1) is 5.92 Å². The fraction of sp³-hybridized carbons (Fsp3) is 0.643. The van der Waals surface area contributed by atoms with Crippen LogP contribution in [0.4, 0.5) is 18.9 Å². The SMILES string of the molecule is CCN(C[C@@H]1CCN(c2ccncc2Cl)C1)CC(F)(F)F. The standard InChI is InChI=1S/C14H19ClF3N3/c1-2-20(10-14(16,17)18)8-11-4-6-21(9-11)13-3-5-19-7-12(13)15/h3,5,7,11H,2,4,6,8-10H2,1H3/t11-/m0/s1. The van der Waals surface area contributed by atoms with E-state index < -0.39 is 12.7 Å². The van der Waals surface area contributed by atoms with Gasteiger partial charge >= 0.3 is 6.18 Å². The summed E-state index contributed by atoms with van der Waals surface area (Å²) in [6.45, 7) is 3.35. The van der Waals surface area contributed by atoms with Gasteiger partial charge in [0.15, 0.2) is 0 Å². The highest BCUT2D eigenvalue weighted by Crippen LogP contribution is 2.30. The minimum Gasteiger partial charge on any atom is -0.370 e. The Morgan fingerprint density at radius 3 is 2.86 bits per heavy atom. The summed E-state index contributed by atoms with van der Waals surface area (Å²) >= 11 is 6.11. The topological polar surface area (TPSA) is 19.4 Å². The summed E-state index contributed by atoms with van der Waals surface area (Å²) in [5.74, 6) is 0.233. The predicted octanol–water partition coefficient (Wildman–Crippen LogP) is 3.45. The molecule has 0 aromatic carbocycles. The molecule has 1 aromatic heterocycles. The Morgan fingerprint density at radius 2 is 2.24 bits per heavy atom. The largest absolute Gasteiger partial charge is 0.401 e. The fourth-order valence-corrected chi connectivity index (χ4v) is 2.99. The van der Waals surface area contributed by atoms with Crippen molar-refractivity contribution in [2.75, 3.05) is 37.6 Å². The Bertz CT molecular complexity index is 467. The van der Waals surface area contributed by atoms with Crippen molar-refractivity contribution in [1.29, 1.82) is 0 Å². The normalized spacial score (nSPS) is 19.5. The van der Waals surface area contributed by atoms with Crippen LogP contribution in [-0.4, -0.2) is 48.8 Å². The highest BCUT2D eigenvalue weighted by molar-refractivity contribution is 6.33. The summed E-state index contributed by atoms with van der Waals surface area (Å²) in [6.07, 6.45) is 0.0124. The molecule has 0 spiro atoms. The summed E-state index contributed by atoms with van der Waals surface area (Å²) in [6, 6.07) is 1.85. The van der Waals surface area contributed by atoms with Gasteiger partial charge in [-0.3, -0.25) is 9.88 Å². The van der Waals surface area contributed by atoms with Crippen molar-refractivity contribution in [2.24, 2.45) is 5.92 Å². The number of anilines is 1. The van der Waals surface area contributed by atoms with Gasteiger partial charge in [0, 0.05) is 32.0 Å². The zero-order valence-corrected chi connectivity index (χ0v) is 12.7. The minimum atomic E-state index is -4.14. The van der Waals surface area contributed by atoms with Crippen molar-refractivity contribution in [3.8, 4) is 0 Å². The van der Waals surface area contributed by atoms with Gasteiger partial charge in [-0.05, 0) is 24.9 Å². The van der Waals surface area contributed by atoms with E-state index in [0.29, 0.717) is 18.1 Å². The molecule has 7 heteroatoms. The van der Waals surface area contributed by atoms with Crippen LogP contribution in [0.1, 0.15) is 13.3 Å². The van der Waals surface area contributed by atoms with Crippen molar-refractivity contribution in [3.63, 3.8) is 0 Å². The lowest BCUT2D eigenvalue weighted by Crippen LogP contribution is -2.38. The molecule has 0 unspecified atom stereocenters. The molecule has 0 bridgehead atoms. The van der Waals surface area contributed by atoms with Gasteiger partial charge in [-0.1, -0.05) is 18.5 Å². The molecule has 2 rings (SSSR count). The second-order valence-corrected chi connectivity index (χ2v) is 5.78. The van der Waals surface area contributed by atoms with E-state index in [1.807, 2.05) is 6.07 Å². The van der Waals surface area contributed by atoms with Crippen molar-refractivity contribution in [1.82, 2.24) is 9.88 Å². The van der Waals surface area contributed by atoms with E-state index >= 15 is 0 Å². The third kappa shape index (κ3) is 4.74. The van der Waals surface area contributed by atoms with Crippen LogP contribution < -0.4 is 4.90 Å². The van der Waals surface area contributed by atoms with Gasteiger partial charge in [-0.25, -0.2) is 0 Å². The van der Waals surface area contributed by atoms with Gasteiger partial charge < -0.3 is 4.90 Å². The van der Waals surface area contributed by atoms with Crippen LogP contribution >= 0.6 is 11.6 Å². The molecule has 1 aliphatic heterocycles. The average molecular weight is 322 g/mol. The number of rotatable bonds is 5. The zero-order chi connectivity index (χ0) is 15.5. The van der Waals surface area contributed by atoms with Crippen LogP contribution in [0.2, 0.25) is 5.02 Å². The van der Waals surface area contributed by atoms with E-state index in [-0.39, 0.29) is 5.92 Å². The number of alkyl halides is 3. The summed E-state index contributed by atoms with van der Waals surface area (Å²) in [7, 11) is 0. The van der Waals surface area contributed by atoms with Gasteiger partial charge in [0.05, 0.1) is 17.3 Å². The predicted molar refractivity (Wildman–Crippen MR) is 77.7 cm³/mol. The Kier molecular flexibility index (Phi) is 5.32. The van der Waals surface area contributed by atoms with Crippen molar-refractivity contribution in [2.45, 2.75) is 19.5 Å². The maximum absolute atomic E-state index is 12.5. The average Bonchev–Trinajstić information content (AvgIpc) is 2.85. The molecule has 0 N–H and O–H groups in total.